The summed E-state index contributed by atoms with van der Waals surface area (Å²) in [6, 6.07) is 8.24. The molecule has 1 nitrogen and oxygen atoms in total. The summed E-state index contributed by atoms with van der Waals surface area (Å²) in [5.74, 6) is 0. The zero-order valence-corrected chi connectivity index (χ0v) is 8.64. The van der Waals surface area contributed by atoms with Crippen molar-refractivity contribution in [3.8, 4) is 0 Å². The largest absolute Gasteiger partial charge is 0.316 e. The van der Waals surface area contributed by atoms with Crippen molar-refractivity contribution < 1.29 is 0 Å². The number of nitrogens with one attached hydrogen (secondary N) is 1. The molecule has 1 rings (SSSR count). The van der Waals surface area contributed by atoms with Crippen LogP contribution in [0, 0.1) is 0 Å². The van der Waals surface area contributed by atoms with E-state index < -0.39 is 0 Å². The molecule has 1 aromatic rings. The lowest BCUT2D eigenvalue weighted by Crippen LogP contribution is -2.03. The van der Waals surface area contributed by atoms with E-state index in [1.165, 1.54) is 5.56 Å². The second-order valence-electron chi connectivity index (χ2n) is 2.51. The lowest BCUT2D eigenvalue weighted by atomic mass is 10.2. The number of halogens is 1. The van der Waals surface area contributed by atoms with E-state index in [4.69, 9.17) is 0 Å². The summed E-state index contributed by atoms with van der Waals surface area (Å²) >= 11 is 3.39. The van der Waals surface area contributed by atoms with Crippen molar-refractivity contribution >= 4 is 22.0 Å². The zero-order chi connectivity index (χ0) is 8.81. The van der Waals surface area contributed by atoms with Crippen LogP contribution in [-0.4, -0.2) is 13.6 Å². The van der Waals surface area contributed by atoms with Crippen LogP contribution in [0.25, 0.3) is 6.08 Å². The Kier molecular flexibility index (Phi) is 4.05. The smallest absolute Gasteiger partial charge is 0.0175 e. The topological polar surface area (TPSA) is 12.0 Å². The van der Waals surface area contributed by atoms with Gasteiger partial charge in [0.25, 0.3) is 0 Å². The van der Waals surface area contributed by atoms with Gasteiger partial charge in [-0.1, -0.05) is 40.2 Å². The molecule has 0 spiro atoms. The van der Waals surface area contributed by atoms with Gasteiger partial charge >= 0.3 is 0 Å². The van der Waals surface area contributed by atoms with Gasteiger partial charge in [-0.05, 0) is 24.7 Å². The minimum absolute atomic E-state index is 0.913. The maximum atomic E-state index is 3.39. The molecule has 12 heavy (non-hydrogen) atoms. The monoisotopic (exact) mass is 225 g/mol. The highest BCUT2D eigenvalue weighted by molar-refractivity contribution is 9.10. The Morgan fingerprint density at radius 1 is 1.33 bits per heavy atom. The molecule has 0 saturated carbocycles. The Labute approximate surface area is 81.6 Å². The van der Waals surface area contributed by atoms with Crippen LogP contribution in [0.2, 0.25) is 0 Å². The summed E-state index contributed by atoms with van der Waals surface area (Å²) in [4.78, 5) is 0. The Balaban J connectivity index is 2.58. The van der Waals surface area contributed by atoms with Crippen molar-refractivity contribution in [2.45, 2.75) is 0 Å². The van der Waals surface area contributed by atoms with E-state index in [9.17, 15) is 0 Å². The fourth-order valence-corrected chi connectivity index (χ4v) is 1.15. The Hall–Kier alpha value is -0.600. The van der Waals surface area contributed by atoms with Gasteiger partial charge < -0.3 is 5.32 Å². The Bertz CT molecular complexity index is 251. The fourth-order valence-electron chi connectivity index (χ4n) is 0.887. The molecule has 2 heteroatoms. The molecule has 0 fully saturated rings. The number of hydrogen-bond acceptors (Lipinski definition) is 1. The van der Waals surface area contributed by atoms with E-state index in [1.807, 2.05) is 19.2 Å². The Morgan fingerprint density at radius 2 is 2.00 bits per heavy atom. The predicted molar refractivity (Wildman–Crippen MR) is 57.1 cm³/mol. The van der Waals surface area contributed by atoms with Crippen molar-refractivity contribution in [2.75, 3.05) is 13.6 Å². The molecule has 64 valence electrons. The van der Waals surface area contributed by atoms with Crippen molar-refractivity contribution in [1.29, 1.82) is 0 Å². The Morgan fingerprint density at radius 3 is 2.58 bits per heavy atom. The summed E-state index contributed by atoms with van der Waals surface area (Å²) in [5, 5.41) is 3.05. The summed E-state index contributed by atoms with van der Waals surface area (Å²) in [6.07, 6.45) is 4.20. The summed E-state index contributed by atoms with van der Waals surface area (Å²) in [7, 11) is 1.94. The zero-order valence-electron chi connectivity index (χ0n) is 7.05. The van der Waals surface area contributed by atoms with Crippen LogP contribution in [0.3, 0.4) is 0 Å². The minimum Gasteiger partial charge on any atom is -0.316 e. The molecular formula is C10H12BrN. The molecule has 0 unspecified atom stereocenters. The molecular weight excluding hydrogens is 214 g/mol. The molecule has 0 bridgehead atoms. The van der Waals surface area contributed by atoms with Gasteiger partial charge in [0.15, 0.2) is 0 Å². The van der Waals surface area contributed by atoms with Gasteiger partial charge in [-0.3, -0.25) is 0 Å². The molecule has 0 saturated heterocycles. The summed E-state index contributed by atoms with van der Waals surface area (Å²) < 4.78 is 1.12. The maximum Gasteiger partial charge on any atom is 0.0175 e. The van der Waals surface area contributed by atoms with Gasteiger partial charge in [0.05, 0.1) is 0 Å². The first-order valence-corrected chi connectivity index (χ1v) is 4.69. The lowest BCUT2D eigenvalue weighted by Gasteiger charge is -1.93. The molecule has 1 aromatic carbocycles. The SMILES string of the molecule is CNC/C=C\c1ccc(Br)cc1. The highest BCUT2D eigenvalue weighted by atomic mass is 79.9. The fraction of sp³-hybridized carbons (Fsp3) is 0.200. The van der Waals surface area contributed by atoms with Gasteiger partial charge in [-0.15, -0.1) is 0 Å². The first-order valence-electron chi connectivity index (χ1n) is 3.89. The highest BCUT2D eigenvalue weighted by Crippen LogP contribution is 2.11. The number of rotatable bonds is 3. The van der Waals surface area contributed by atoms with Crippen molar-refractivity contribution in [1.82, 2.24) is 5.32 Å². The van der Waals surface area contributed by atoms with Gasteiger partial charge in [0.2, 0.25) is 0 Å². The predicted octanol–water partition coefficient (Wildman–Crippen LogP) is 2.68. The highest BCUT2D eigenvalue weighted by Gasteiger charge is 1.85. The first kappa shape index (κ1) is 9.49. The van der Waals surface area contributed by atoms with Crippen LogP contribution in [0.4, 0.5) is 0 Å². The summed E-state index contributed by atoms with van der Waals surface area (Å²) in [5.41, 5.74) is 1.23. The number of benzene rings is 1. The van der Waals surface area contributed by atoms with E-state index in [0.29, 0.717) is 0 Å². The molecule has 1 N–H and O–H groups in total. The molecule has 0 heterocycles. The quantitative estimate of drug-likeness (QED) is 0.835. The molecule has 0 atom stereocenters. The van der Waals surface area contributed by atoms with Crippen LogP contribution in [0.5, 0.6) is 0 Å². The molecule has 0 aliphatic carbocycles. The normalized spacial score (nSPS) is 10.8. The van der Waals surface area contributed by atoms with E-state index in [0.717, 1.165) is 11.0 Å². The first-order chi connectivity index (χ1) is 5.83. The third-order valence-corrected chi connectivity index (χ3v) is 2.03. The molecule has 0 aliphatic rings. The van der Waals surface area contributed by atoms with Gasteiger partial charge in [-0.2, -0.15) is 0 Å². The van der Waals surface area contributed by atoms with Gasteiger partial charge in [0, 0.05) is 11.0 Å². The molecule has 0 aromatic heterocycles. The van der Waals surface area contributed by atoms with E-state index in [2.05, 4.69) is 45.5 Å². The van der Waals surface area contributed by atoms with Crippen LogP contribution >= 0.6 is 15.9 Å². The maximum absolute atomic E-state index is 3.39. The van der Waals surface area contributed by atoms with Crippen LogP contribution in [0.1, 0.15) is 5.56 Å². The average Bonchev–Trinajstić information content (AvgIpc) is 2.09. The molecule has 0 aliphatic heterocycles. The van der Waals surface area contributed by atoms with E-state index in [1.54, 1.807) is 0 Å². The number of hydrogen-bond donors (Lipinski definition) is 1. The van der Waals surface area contributed by atoms with E-state index >= 15 is 0 Å². The second kappa shape index (κ2) is 5.12. The summed E-state index contributed by atoms with van der Waals surface area (Å²) in [6.45, 7) is 0.913. The average molecular weight is 226 g/mol. The van der Waals surface area contributed by atoms with E-state index in [-0.39, 0.29) is 0 Å². The molecule has 0 radical (unpaired) electrons. The van der Waals surface area contributed by atoms with Gasteiger partial charge in [-0.25, -0.2) is 0 Å². The van der Waals surface area contributed by atoms with Crippen molar-refractivity contribution in [3.05, 3.63) is 40.4 Å². The third-order valence-electron chi connectivity index (χ3n) is 1.50. The van der Waals surface area contributed by atoms with Crippen LogP contribution < -0.4 is 5.32 Å². The van der Waals surface area contributed by atoms with Gasteiger partial charge in [0.1, 0.15) is 0 Å². The van der Waals surface area contributed by atoms with Crippen molar-refractivity contribution in [2.24, 2.45) is 0 Å². The number of likely N-dealkylation sites (N-methyl/N-ethyl adjacent to an activating group) is 1. The van der Waals surface area contributed by atoms with Crippen LogP contribution in [-0.2, 0) is 0 Å². The van der Waals surface area contributed by atoms with Crippen LogP contribution in [0.15, 0.2) is 34.8 Å². The standard InChI is InChI=1S/C10H12BrN/c1-12-8-2-3-9-4-6-10(11)7-5-9/h2-7,12H,8H2,1H3/b3-2-. The second-order valence-corrected chi connectivity index (χ2v) is 3.43. The third kappa shape index (κ3) is 3.20. The molecule has 0 amide bonds. The van der Waals surface area contributed by atoms with Crippen molar-refractivity contribution in [3.63, 3.8) is 0 Å². The lowest BCUT2D eigenvalue weighted by molar-refractivity contribution is 0.922. The minimum atomic E-state index is 0.913.